The van der Waals surface area contributed by atoms with Gasteiger partial charge in [-0.15, -0.1) is 0 Å². The van der Waals surface area contributed by atoms with Crippen molar-refractivity contribution in [2.75, 3.05) is 7.05 Å². The van der Waals surface area contributed by atoms with E-state index in [-0.39, 0.29) is 10.6 Å². The summed E-state index contributed by atoms with van der Waals surface area (Å²) >= 11 is 0. The number of hydrogen-bond donors (Lipinski definition) is 1. The Labute approximate surface area is 77.3 Å². The zero-order valence-electron chi connectivity index (χ0n) is 7.35. The normalized spacial score (nSPS) is 11.3. The second-order valence-corrected chi connectivity index (χ2v) is 4.06. The van der Waals surface area contributed by atoms with E-state index in [1.165, 1.54) is 13.1 Å². The summed E-state index contributed by atoms with van der Waals surface area (Å²) in [5.41, 5.74) is 1.04. The maximum atomic E-state index is 10.9. The van der Waals surface area contributed by atoms with E-state index in [1.807, 2.05) is 0 Å². The lowest BCUT2D eigenvalue weighted by molar-refractivity contribution is 0.483. The molecule has 0 saturated carbocycles. The molecule has 5 heteroatoms. The van der Waals surface area contributed by atoms with Gasteiger partial charge in [0.2, 0.25) is 0 Å². The molecule has 1 aromatic rings. The first-order valence-corrected chi connectivity index (χ1v) is 5.07. The van der Waals surface area contributed by atoms with Gasteiger partial charge in [-0.3, -0.25) is 9.87 Å². The summed E-state index contributed by atoms with van der Waals surface area (Å²) in [6.45, 7) is 1.74. The van der Waals surface area contributed by atoms with E-state index in [9.17, 15) is 8.42 Å². The molecule has 0 spiro atoms. The molecule has 1 rings (SSSR count). The van der Waals surface area contributed by atoms with Gasteiger partial charge in [0.25, 0.3) is 10.1 Å². The van der Waals surface area contributed by atoms with E-state index >= 15 is 0 Å². The van der Waals surface area contributed by atoms with Crippen molar-refractivity contribution in [2.24, 2.45) is 0 Å². The van der Waals surface area contributed by atoms with Crippen LogP contribution in [-0.2, 0) is 10.1 Å². The van der Waals surface area contributed by atoms with Crippen LogP contribution in [0.25, 0.3) is 0 Å². The smallest absolute Gasteiger partial charge is 0.287 e. The van der Waals surface area contributed by atoms with Crippen molar-refractivity contribution in [1.82, 2.24) is 5.32 Å². The lowest BCUT2D eigenvalue weighted by atomic mass is 10.2. The third-order valence-electron chi connectivity index (χ3n) is 1.63. The predicted molar refractivity (Wildman–Crippen MR) is 48.7 cm³/mol. The first-order chi connectivity index (χ1) is 5.95. The van der Waals surface area contributed by atoms with E-state index in [0.717, 1.165) is 5.56 Å². The van der Waals surface area contributed by atoms with Crippen LogP contribution in [0.3, 0.4) is 0 Å². The molecule has 1 N–H and O–H groups in total. The highest BCUT2D eigenvalue weighted by atomic mass is 32.2. The van der Waals surface area contributed by atoms with Crippen molar-refractivity contribution in [2.45, 2.75) is 11.8 Å². The van der Waals surface area contributed by atoms with Crippen LogP contribution in [0.4, 0.5) is 5.69 Å². The van der Waals surface area contributed by atoms with Gasteiger partial charge in [-0.25, -0.2) is 0 Å². The number of rotatable bonds is 2. The Morgan fingerprint density at radius 2 is 2.00 bits per heavy atom. The molecule has 1 aromatic carbocycles. The Bertz CT molecular complexity index is 411. The predicted octanol–water partition coefficient (Wildman–Crippen LogP) is 1.11. The molecular formula is C8H10NO3S. The summed E-state index contributed by atoms with van der Waals surface area (Å²) < 4.78 is 30.6. The van der Waals surface area contributed by atoms with Crippen LogP contribution in [0.5, 0.6) is 0 Å². The van der Waals surface area contributed by atoms with Crippen molar-refractivity contribution in [3.05, 3.63) is 23.8 Å². The lowest BCUT2D eigenvalue weighted by Gasteiger charge is -2.04. The van der Waals surface area contributed by atoms with Gasteiger partial charge in [0.15, 0.2) is 0 Å². The molecule has 0 fully saturated rings. The molecule has 4 nitrogen and oxygen atoms in total. The average molecular weight is 200 g/mol. The number of nitrogens with zero attached hydrogens (tertiary/aromatic N) is 1. The highest BCUT2D eigenvalue weighted by Gasteiger charge is 2.14. The van der Waals surface area contributed by atoms with Crippen LogP contribution in [0.1, 0.15) is 5.56 Å². The SMILES string of the molecule is C[N]c1ccc(C)cc1S(=O)(=O)O. The minimum Gasteiger partial charge on any atom is -0.287 e. The van der Waals surface area contributed by atoms with Crippen molar-refractivity contribution in [3.63, 3.8) is 0 Å². The van der Waals surface area contributed by atoms with Crippen molar-refractivity contribution >= 4 is 15.8 Å². The van der Waals surface area contributed by atoms with Gasteiger partial charge < -0.3 is 0 Å². The summed E-state index contributed by atoms with van der Waals surface area (Å²) in [4.78, 5) is -0.144. The first kappa shape index (κ1) is 10.0. The zero-order chi connectivity index (χ0) is 10.1. The van der Waals surface area contributed by atoms with E-state index in [0.29, 0.717) is 0 Å². The van der Waals surface area contributed by atoms with Crippen LogP contribution in [0.15, 0.2) is 23.1 Å². The molecule has 71 valence electrons. The van der Waals surface area contributed by atoms with Crippen LogP contribution < -0.4 is 5.32 Å². The van der Waals surface area contributed by atoms with E-state index < -0.39 is 10.1 Å². The molecule has 0 atom stereocenters. The van der Waals surface area contributed by atoms with Gasteiger partial charge in [0.1, 0.15) is 4.90 Å². The third kappa shape index (κ3) is 2.19. The highest BCUT2D eigenvalue weighted by Crippen LogP contribution is 2.21. The molecule has 0 unspecified atom stereocenters. The fraction of sp³-hybridized carbons (Fsp3) is 0.250. The van der Waals surface area contributed by atoms with E-state index in [1.54, 1.807) is 19.1 Å². The Hall–Kier alpha value is -1.07. The largest absolute Gasteiger partial charge is 0.296 e. The first-order valence-electron chi connectivity index (χ1n) is 3.63. The molecule has 0 bridgehead atoms. The Kier molecular flexibility index (Phi) is 2.58. The van der Waals surface area contributed by atoms with Crippen molar-refractivity contribution < 1.29 is 13.0 Å². The molecule has 0 heterocycles. The van der Waals surface area contributed by atoms with Crippen LogP contribution in [0, 0.1) is 6.92 Å². The number of benzene rings is 1. The van der Waals surface area contributed by atoms with Gasteiger partial charge in [0, 0.05) is 7.05 Å². The Morgan fingerprint density at radius 3 is 2.46 bits per heavy atom. The van der Waals surface area contributed by atoms with Crippen molar-refractivity contribution in [3.8, 4) is 0 Å². The van der Waals surface area contributed by atoms with Crippen LogP contribution in [0.2, 0.25) is 0 Å². The van der Waals surface area contributed by atoms with Crippen LogP contribution >= 0.6 is 0 Å². The maximum absolute atomic E-state index is 10.9. The average Bonchev–Trinajstić information content (AvgIpc) is 2.03. The molecule has 0 aliphatic carbocycles. The summed E-state index contributed by atoms with van der Waals surface area (Å²) in [6, 6.07) is 4.67. The summed E-state index contributed by atoms with van der Waals surface area (Å²) in [5, 5.41) is 3.74. The minimum absolute atomic E-state index is 0.144. The summed E-state index contributed by atoms with van der Waals surface area (Å²) in [6.07, 6.45) is 0. The molecule has 1 radical (unpaired) electrons. The fourth-order valence-corrected chi connectivity index (χ4v) is 1.77. The Morgan fingerprint density at radius 1 is 1.38 bits per heavy atom. The van der Waals surface area contributed by atoms with Crippen molar-refractivity contribution in [1.29, 1.82) is 0 Å². The lowest BCUT2D eigenvalue weighted by Crippen LogP contribution is -2.03. The van der Waals surface area contributed by atoms with Gasteiger partial charge >= 0.3 is 0 Å². The number of aryl methyl sites for hydroxylation is 1. The number of hydrogen-bond acceptors (Lipinski definition) is 2. The van der Waals surface area contributed by atoms with E-state index in [4.69, 9.17) is 4.55 Å². The van der Waals surface area contributed by atoms with Gasteiger partial charge in [0.05, 0.1) is 5.69 Å². The minimum atomic E-state index is -4.16. The molecule has 0 amide bonds. The van der Waals surface area contributed by atoms with Gasteiger partial charge in [-0.05, 0) is 24.6 Å². The standard InChI is InChI=1S/C8H10NO3S/c1-6-3-4-7(9-2)8(5-6)13(10,11)12/h3-5H,1-2H3,(H,10,11,12). The molecule has 0 aliphatic heterocycles. The zero-order valence-corrected chi connectivity index (χ0v) is 8.17. The fourth-order valence-electron chi connectivity index (χ4n) is 1.01. The summed E-state index contributed by atoms with van der Waals surface area (Å²) in [5.74, 6) is 0. The molecule has 0 saturated heterocycles. The Balaban J connectivity index is 3.41. The molecule has 0 aliphatic rings. The highest BCUT2D eigenvalue weighted by molar-refractivity contribution is 7.86. The second kappa shape index (κ2) is 3.35. The third-order valence-corrected chi connectivity index (χ3v) is 2.52. The topological polar surface area (TPSA) is 68.5 Å². The molecule has 13 heavy (non-hydrogen) atoms. The van der Waals surface area contributed by atoms with Gasteiger partial charge in [-0.2, -0.15) is 8.42 Å². The molecular weight excluding hydrogens is 190 g/mol. The quantitative estimate of drug-likeness (QED) is 0.727. The van der Waals surface area contributed by atoms with Crippen LogP contribution in [-0.4, -0.2) is 20.0 Å². The van der Waals surface area contributed by atoms with Gasteiger partial charge in [-0.1, -0.05) is 6.07 Å². The summed E-state index contributed by atoms with van der Waals surface area (Å²) in [7, 11) is -2.69. The maximum Gasteiger partial charge on any atom is 0.296 e. The molecule has 0 aromatic heterocycles. The van der Waals surface area contributed by atoms with E-state index in [2.05, 4.69) is 5.32 Å². The second-order valence-electron chi connectivity index (χ2n) is 2.67. The monoisotopic (exact) mass is 200 g/mol.